The van der Waals surface area contributed by atoms with Crippen molar-refractivity contribution < 1.29 is 37.3 Å². The van der Waals surface area contributed by atoms with E-state index in [1.165, 1.54) is 32.4 Å². The lowest BCUT2D eigenvalue weighted by Gasteiger charge is -2.43. The van der Waals surface area contributed by atoms with Crippen molar-refractivity contribution in [2.45, 2.75) is 57.0 Å². The minimum atomic E-state index is -4.74. The van der Waals surface area contributed by atoms with E-state index in [1.807, 2.05) is 11.8 Å². The van der Waals surface area contributed by atoms with E-state index in [4.69, 9.17) is 19.9 Å². The second-order valence-electron chi connectivity index (χ2n) is 11.2. The zero-order valence-corrected chi connectivity index (χ0v) is 24.7. The van der Waals surface area contributed by atoms with Crippen LogP contribution in [0.25, 0.3) is 11.1 Å². The van der Waals surface area contributed by atoms with Crippen LogP contribution in [0.15, 0.2) is 48.5 Å². The van der Waals surface area contributed by atoms with Crippen molar-refractivity contribution in [3.8, 4) is 28.5 Å². The highest BCUT2D eigenvalue weighted by Gasteiger charge is 2.50. The Labute approximate surface area is 253 Å². The minimum Gasteiger partial charge on any atom is -0.493 e. The van der Waals surface area contributed by atoms with Gasteiger partial charge in [0.25, 0.3) is 0 Å². The number of hydrogen-bond donors (Lipinski definition) is 3. The number of nitrogens with zero attached hydrogens (tertiary/aromatic N) is 3. The molecule has 3 heterocycles. The first-order valence-corrected chi connectivity index (χ1v) is 14.4. The average molecular weight is 616 g/mol. The Balaban J connectivity index is 1.33. The summed E-state index contributed by atoms with van der Waals surface area (Å²) < 4.78 is 58.9. The summed E-state index contributed by atoms with van der Waals surface area (Å²) >= 11 is 0. The molecule has 44 heavy (non-hydrogen) atoms. The number of aliphatic carboxylic acids is 1. The molecule has 0 aliphatic carbocycles. The maximum Gasteiger partial charge on any atom is 0.429 e. The smallest absolute Gasteiger partial charge is 0.429 e. The molecule has 0 saturated carbocycles. The number of benzene rings is 2. The Bertz CT molecular complexity index is 1480. The first-order valence-electron chi connectivity index (χ1n) is 14.4. The van der Waals surface area contributed by atoms with Gasteiger partial charge < -0.3 is 35.3 Å². The summed E-state index contributed by atoms with van der Waals surface area (Å²) in [7, 11) is 3.03. The Morgan fingerprint density at radius 1 is 1.07 bits per heavy atom. The average Bonchev–Trinajstić information content (AvgIpc) is 3.37. The third kappa shape index (κ3) is 6.33. The number of halogens is 3. The number of carbonyl (C=O) groups is 1. The first kappa shape index (κ1) is 31.2. The molecule has 2 saturated heterocycles. The number of carboxylic acid groups (broad SMARTS) is 1. The number of piperidine rings is 1. The van der Waals surface area contributed by atoms with E-state index in [2.05, 4.69) is 15.3 Å². The molecule has 0 radical (unpaired) electrons. The van der Waals surface area contributed by atoms with E-state index in [1.54, 1.807) is 30.3 Å². The summed E-state index contributed by atoms with van der Waals surface area (Å²) in [6.07, 6.45) is -4.28. The van der Waals surface area contributed by atoms with Crippen molar-refractivity contribution in [3.05, 3.63) is 54.1 Å². The molecule has 1 aromatic heterocycles. The van der Waals surface area contributed by atoms with Crippen molar-refractivity contribution in [2.24, 2.45) is 5.41 Å². The fraction of sp³-hybridized carbons (Fsp3) is 0.452. The van der Waals surface area contributed by atoms with Gasteiger partial charge >= 0.3 is 12.1 Å². The molecule has 0 amide bonds. The highest BCUT2D eigenvalue weighted by atomic mass is 19.4. The van der Waals surface area contributed by atoms with Gasteiger partial charge in [-0.25, -0.2) is 0 Å². The lowest BCUT2D eigenvalue weighted by molar-refractivity contribution is -0.198. The molecule has 4 N–H and O–H groups in total. The van der Waals surface area contributed by atoms with Gasteiger partial charge in [0.2, 0.25) is 17.9 Å². The summed E-state index contributed by atoms with van der Waals surface area (Å²) in [5.41, 5.74) is 7.08. The second-order valence-corrected chi connectivity index (χ2v) is 11.2. The van der Waals surface area contributed by atoms with E-state index in [0.717, 1.165) is 12.0 Å². The molecule has 2 aliphatic heterocycles. The molecule has 3 atom stereocenters. The monoisotopic (exact) mass is 615 g/mol. The molecule has 2 fully saturated rings. The van der Waals surface area contributed by atoms with Crippen molar-refractivity contribution in [1.29, 1.82) is 0 Å². The molecule has 2 aromatic carbocycles. The number of anilines is 2. The second kappa shape index (κ2) is 12.4. The molecular weight excluding hydrogens is 579 g/mol. The maximum absolute atomic E-state index is 14.3. The number of methoxy groups -OCH3 is 2. The minimum absolute atomic E-state index is 0.0748. The lowest BCUT2D eigenvalue weighted by atomic mass is 9.71. The summed E-state index contributed by atoms with van der Waals surface area (Å²) in [4.78, 5) is 21.8. The van der Waals surface area contributed by atoms with Crippen LogP contribution >= 0.6 is 0 Å². The number of rotatable bonds is 9. The van der Waals surface area contributed by atoms with Crippen molar-refractivity contribution in [2.75, 3.05) is 37.9 Å². The Morgan fingerprint density at radius 3 is 2.32 bits per heavy atom. The van der Waals surface area contributed by atoms with Gasteiger partial charge in [0, 0.05) is 30.8 Å². The Morgan fingerprint density at radius 2 is 1.73 bits per heavy atom. The summed E-state index contributed by atoms with van der Waals surface area (Å²) in [6, 6.07) is 12.0. The zero-order valence-electron chi connectivity index (χ0n) is 24.7. The Kier molecular flexibility index (Phi) is 8.78. The first-order chi connectivity index (χ1) is 21.0. The van der Waals surface area contributed by atoms with Crippen LogP contribution < -0.4 is 30.2 Å². The fourth-order valence-electron chi connectivity index (χ4n) is 6.43. The van der Waals surface area contributed by atoms with Crippen molar-refractivity contribution in [1.82, 2.24) is 15.3 Å². The van der Waals surface area contributed by atoms with Gasteiger partial charge in [0.1, 0.15) is 11.9 Å². The fourth-order valence-corrected chi connectivity index (χ4v) is 6.43. The van der Waals surface area contributed by atoms with E-state index in [0.29, 0.717) is 55.2 Å². The van der Waals surface area contributed by atoms with E-state index in [-0.39, 0.29) is 28.8 Å². The predicted octanol–water partition coefficient (Wildman–Crippen LogP) is 5.24. The van der Waals surface area contributed by atoms with Gasteiger partial charge in [-0.05, 0) is 54.4 Å². The maximum atomic E-state index is 14.3. The molecule has 2 unspecified atom stereocenters. The van der Waals surface area contributed by atoms with Crippen LogP contribution in [0.3, 0.4) is 0 Å². The van der Waals surface area contributed by atoms with Crippen molar-refractivity contribution >= 4 is 17.7 Å². The van der Waals surface area contributed by atoms with Gasteiger partial charge in [-0.3, -0.25) is 4.79 Å². The number of ether oxygens (including phenoxy) is 3. The number of carboxylic acids is 1. The van der Waals surface area contributed by atoms with Crippen LogP contribution in [0.2, 0.25) is 0 Å². The number of alkyl halides is 3. The number of nitrogens with one attached hydrogen (secondary N) is 1. The van der Waals surface area contributed by atoms with Crippen LogP contribution in [0.1, 0.15) is 44.3 Å². The summed E-state index contributed by atoms with van der Waals surface area (Å²) in [5.74, 6) is 0.0462. The van der Waals surface area contributed by atoms with Gasteiger partial charge in [-0.1, -0.05) is 37.3 Å². The molecule has 0 bridgehead atoms. The lowest BCUT2D eigenvalue weighted by Crippen LogP contribution is -2.46. The number of hydrogen-bond acceptors (Lipinski definition) is 9. The summed E-state index contributed by atoms with van der Waals surface area (Å²) in [6.45, 7) is 3.12. The van der Waals surface area contributed by atoms with Crippen molar-refractivity contribution in [3.63, 3.8) is 0 Å². The van der Waals surface area contributed by atoms with Crippen LogP contribution in [-0.2, 0) is 4.79 Å². The topological polar surface area (TPSA) is 132 Å². The van der Waals surface area contributed by atoms with Crippen LogP contribution in [0.4, 0.5) is 24.9 Å². The Hall–Kier alpha value is -4.26. The normalized spacial score (nSPS) is 20.4. The van der Waals surface area contributed by atoms with Crippen LogP contribution in [0.5, 0.6) is 17.4 Å². The predicted molar refractivity (Wildman–Crippen MR) is 158 cm³/mol. The van der Waals surface area contributed by atoms with Gasteiger partial charge in [-0.2, -0.15) is 23.1 Å². The quantitative estimate of drug-likeness (QED) is 0.294. The number of nitrogens with two attached hydrogens (primary N) is 1. The third-order valence-corrected chi connectivity index (χ3v) is 8.71. The van der Waals surface area contributed by atoms with Crippen LogP contribution in [0, 0.1) is 5.41 Å². The molecule has 5 rings (SSSR count). The third-order valence-electron chi connectivity index (χ3n) is 8.71. The van der Waals surface area contributed by atoms with E-state index >= 15 is 0 Å². The molecule has 1 spiro atoms. The number of nitrogen functional groups attached to an aromatic ring is 1. The van der Waals surface area contributed by atoms with Gasteiger partial charge in [0.15, 0.2) is 11.5 Å². The standard InChI is InChI=1S/C31H36F3N5O5/c1-4-24-30(17-21(36-24)28(40)41)11-13-39(14-12-30)25-16-26(38-29(35)37-25)44-27(31(32,33)34)19-7-5-18(6-8-19)20-9-10-22(42-2)23(15-20)43-3/h5-10,15-16,21,24,27,36H,4,11-14,17H2,1-3H3,(H,40,41)(H2,35,37,38)/t21?,24?,27-/m1/s1. The largest absolute Gasteiger partial charge is 0.493 e. The highest BCUT2D eigenvalue weighted by molar-refractivity contribution is 5.74. The summed E-state index contributed by atoms with van der Waals surface area (Å²) in [5, 5.41) is 12.8. The van der Waals surface area contributed by atoms with Gasteiger partial charge in [0.05, 0.1) is 14.2 Å². The molecule has 10 nitrogen and oxygen atoms in total. The molecule has 2 aliphatic rings. The number of aromatic nitrogens is 2. The SMILES string of the molecule is CCC1NC(C(=O)O)CC12CCN(c1cc(O[C@H](c3ccc(-c4ccc(OC)c(OC)c4)cc3)C(F)(F)F)nc(N)n1)CC2. The molecular formula is C31H36F3N5O5. The molecule has 236 valence electrons. The highest BCUT2D eigenvalue weighted by Crippen LogP contribution is 2.46. The zero-order chi connectivity index (χ0) is 31.6. The molecule has 13 heteroatoms. The van der Waals surface area contributed by atoms with Crippen LogP contribution in [-0.4, -0.2) is 66.6 Å². The van der Waals surface area contributed by atoms with Gasteiger partial charge in [-0.15, -0.1) is 0 Å². The van der Waals surface area contributed by atoms with E-state index < -0.39 is 24.3 Å². The molecule has 3 aromatic rings. The van der Waals surface area contributed by atoms with E-state index in [9.17, 15) is 23.1 Å².